The van der Waals surface area contributed by atoms with Gasteiger partial charge in [0.25, 0.3) is 6.71 Å². The summed E-state index contributed by atoms with van der Waals surface area (Å²) in [6, 6.07) is 0. The van der Waals surface area contributed by atoms with Crippen molar-refractivity contribution in [2.75, 3.05) is 0 Å². The summed E-state index contributed by atoms with van der Waals surface area (Å²) >= 11 is 0. The van der Waals surface area contributed by atoms with Gasteiger partial charge in [-0.25, -0.2) is 101 Å². The molecule has 300 valence electrons. The van der Waals surface area contributed by atoms with Crippen LogP contribution in [0.15, 0.2) is 0 Å². The Morgan fingerprint density at radius 3 is 0.552 bits per heavy atom. The molecule has 0 spiro atoms. The lowest BCUT2D eigenvalue weighted by molar-refractivity contribution is 0.384. The van der Waals surface area contributed by atoms with Crippen molar-refractivity contribution >= 4 is 66.2 Å². The van der Waals surface area contributed by atoms with E-state index in [0.717, 1.165) is 0 Å². The highest BCUT2D eigenvalue weighted by atomic mass is 19.2. The molecule has 0 amide bonds. The highest BCUT2D eigenvalue weighted by Crippen LogP contribution is 2.41. The second kappa shape index (κ2) is 13.0. The summed E-state index contributed by atoms with van der Waals surface area (Å²) in [4.78, 5) is 0. The number of rotatable bonds is 3. The van der Waals surface area contributed by atoms with Gasteiger partial charge in [-0.3, -0.25) is 0 Å². The first-order valence-electron chi connectivity index (χ1n) is 14.7. The van der Waals surface area contributed by atoms with Crippen LogP contribution in [0.2, 0.25) is 0 Å². The van der Waals surface area contributed by atoms with Gasteiger partial charge in [-0.05, 0) is 10.9 Å². The van der Waals surface area contributed by atoms with E-state index < -0.39 is 200 Å². The van der Waals surface area contributed by atoms with Gasteiger partial charge in [0.05, 0.1) is 32.3 Å². The predicted octanol–water partition coefficient (Wildman–Crippen LogP) is 10.0. The molecule has 7 aromatic rings. The molecule has 0 aliphatic carbocycles. The molecule has 0 aliphatic rings. The molecule has 0 nitrogen and oxygen atoms in total. The van der Waals surface area contributed by atoms with Crippen LogP contribution in [0.5, 0.6) is 0 Å². The van der Waals surface area contributed by atoms with E-state index in [2.05, 4.69) is 0 Å². The summed E-state index contributed by atoms with van der Waals surface area (Å²) in [6.45, 7) is -4.52. The van der Waals surface area contributed by atoms with Gasteiger partial charge in [0, 0.05) is 16.2 Å². The van der Waals surface area contributed by atoms with Gasteiger partial charge in [0.2, 0.25) is 0 Å². The monoisotopic (exact) mass is 856 g/mol. The Balaban J connectivity index is 1.90. The van der Waals surface area contributed by atoms with Crippen LogP contribution in [0, 0.1) is 134 Å². The van der Waals surface area contributed by atoms with E-state index in [1.807, 2.05) is 0 Å². The van der Waals surface area contributed by atoms with Gasteiger partial charge in [-0.15, -0.1) is 0 Å². The van der Waals surface area contributed by atoms with E-state index in [4.69, 9.17) is 0 Å². The average molecular weight is 856 g/mol. The standard InChI is InChI=1S/C34BF23/c36-12-1-3(14(38)7-5(12)18(42)28(52)30(54)20(7)44)16(40)26(50)22(46)9(1)35(11-24(48)32(56)34(58)33(57)25(11)49)10-2-4(17(41)27(51)23(10)47)15(39)8-6(13(2)37)19(43)29(53)31(55)21(8)45. The van der Waals surface area contributed by atoms with Crippen molar-refractivity contribution in [2.24, 2.45) is 0 Å². The average Bonchev–Trinajstić information content (AvgIpc) is 3.18. The summed E-state index contributed by atoms with van der Waals surface area (Å²) < 4.78 is 350. The van der Waals surface area contributed by atoms with Gasteiger partial charge >= 0.3 is 0 Å². The molecule has 7 aromatic carbocycles. The largest absolute Gasteiger partial charge is 0.258 e. The van der Waals surface area contributed by atoms with E-state index in [9.17, 15) is 39.5 Å². The normalized spacial score (nSPS) is 12.1. The Bertz CT molecular complexity index is 2900. The van der Waals surface area contributed by atoms with Crippen molar-refractivity contribution in [1.82, 2.24) is 0 Å². The smallest absolute Gasteiger partial charge is 0.206 e. The topological polar surface area (TPSA) is 0 Å². The first kappa shape index (κ1) is 40.2. The molecule has 0 saturated heterocycles. The van der Waals surface area contributed by atoms with Gasteiger partial charge in [0.15, 0.2) is 111 Å². The summed E-state index contributed by atoms with van der Waals surface area (Å²) in [6.07, 6.45) is 0. The fraction of sp³-hybridized carbons (Fsp3) is 0. The van der Waals surface area contributed by atoms with Crippen LogP contribution in [0.4, 0.5) is 101 Å². The summed E-state index contributed by atoms with van der Waals surface area (Å²) in [7, 11) is 0. The quantitative estimate of drug-likeness (QED) is 0.0546. The highest BCUT2D eigenvalue weighted by molar-refractivity contribution is 6.98. The van der Waals surface area contributed by atoms with Gasteiger partial charge in [-0.1, -0.05) is 0 Å². The Morgan fingerprint density at radius 1 is 0.138 bits per heavy atom. The predicted molar refractivity (Wildman–Crippen MR) is 153 cm³/mol. The van der Waals surface area contributed by atoms with E-state index in [1.165, 1.54) is 0 Å². The third-order valence-corrected chi connectivity index (χ3v) is 9.12. The fourth-order valence-corrected chi connectivity index (χ4v) is 6.66. The molecule has 7 rings (SSSR count). The van der Waals surface area contributed by atoms with Crippen molar-refractivity contribution in [3.63, 3.8) is 0 Å². The van der Waals surface area contributed by atoms with E-state index >= 15 is 61.5 Å². The fourth-order valence-electron chi connectivity index (χ4n) is 6.66. The number of hydrogen-bond donors (Lipinski definition) is 0. The Hall–Kier alpha value is -5.97. The molecular formula is C34BF23. The van der Waals surface area contributed by atoms with Gasteiger partial charge in [-0.2, -0.15) is 0 Å². The van der Waals surface area contributed by atoms with Crippen molar-refractivity contribution in [3.05, 3.63) is 134 Å². The molecule has 0 unspecified atom stereocenters. The third-order valence-electron chi connectivity index (χ3n) is 9.12. The molecule has 0 fully saturated rings. The second-order valence-electron chi connectivity index (χ2n) is 11.9. The Kier molecular flexibility index (Phi) is 9.04. The van der Waals surface area contributed by atoms with Crippen LogP contribution in [-0.4, -0.2) is 6.71 Å². The van der Waals surface area contributed by atoms with Crippen molar-refractivity contribution in [1.29, 1.82) is 0 Å². The van der Waals surface area contributed by atoms with Gasteiger partial charge < -0.3 is 0 Å². The first-order chi connectivity index (χ1) is 26.9. The number of halogens is 23. The SMILES string of the molecule is Fc1c(F)c(F)c(B(c2c(F)c(F)c(F)c3c(F)c4c(F)c(F)c(F)c(F)c4c(F)c23)c2c(F)c(F)c(F)c3c(F)c4c(F)c(F)c(F)c(F)c4c(F)c23)c(F)c1F. The molecule has 0 atom stereocenters. The summed E-state index contributed by atoms with van der Waals surface area (Å²) in [5, 5.41) is -21.3. The molecule has 0 radical (unpaired) electrons. The van der Waals surface area contributed by atoms with Crippen LogP contribution < -0.4 is 16.4 Å². The molecule has 0 N–H and O–H groups in total. The third kappa shape index (κ3) is 4.82. The lowest BCUT2D eigenvalue weighted by Gasteiger charge is -2.25. The lowest BCUT2D eigenvalue weighted by Crippen LogP contribution is -2.59. The van der Waals surface area contributed by atoms with E-state index in [0.29, 0.717) is 0 Å². The minimum Gasteiger partial charge on any atom is -0.206 e. The summed E-state index contributed by atoms with van der Waals surface area (Å²) in [5.74, 6) is -73.2. The van der Waals surface area contributed by atoms with Crippen molar-refractivity contribution in [2.45, 2.75) is 0 Å². The van der Waals surface area contributed by atoms with E-state index in [-0.39, 0.29) is 0 Å². The maximum Gasteiger partial charge on any atom is 0.258 e. The van der Waals surface area contributed by atoms with Crippen LogP contribution >= 0.6 is 0 Å². The van der Waals surface area contributed by atoms with Crippen LogP contribution in [0.3, 0.4) is 0 Å². The molecule has 58 heavy (non-hydrogen) atoms. The molecular weight excluding hydrogens is 856 g/mol. The maximum atomic E-state index is 16.4. The minimum absolute atomic E-state index is 2.53. The van der Waals surface area contributed by atoms with Crippen LogP contribution in [0.25, 0.3) is 43.1 Å². The molecule has 0 saturated carbocycles. The van der Waals surface area contributed by atoms with Gasteiger partial charge in [0.1, 0.15) is 23.3 Å². The number of benzene rings is 7. The minimum atomic E-state index is -4.52. The zero-order valence-corrected chi connectivity index (χ0v) is 26.3. The number of fused-ring (bicyclic) bond motifs is 4. The second-order valence-corrected chi connectivity index (χ2v) is 11.9. The Labute approximate surface area is 301 Å². The molecule has 0 bridgehead atoms. The molecule has 0 aromatic heterocycles. The molecule has 24 heteroatoms. The highest BCUT2D eigenvalue weighted by Gasteiger charge is 2.45. The number of hydrogen-bond acceptors (Lipinski definition) is 0. The zero-order chi connectivity index (χ0) is 43.2. The van der Waals surface area contributed by atoms with Crippen molar-refractivity contribution < 1.29 is 101 Å². The summed E-state index contributed by atoms with van der Waals surface area (Å²) in [5.41, 5.74) is -8.98. The van der Waals surface area contributed by atoms with Crippen LogP contribution in [-0.2, 0) is 0 Å². The lowest BCUT2D eigenvalue weighted by atomic mass is 9.35. The first-order valence-corrected chi connectivity index (χ1v) is 14.7. The Morgan fingerprint density at radius 2 is 0.293 bits per heavy atom. The van der Waals surface area contributed by atoms with E-state index in [1.54, 1.807) is 0 Å². The van der Waals surface area contributed by atoms with Crippen LogP contribution in [0.1, 0.15) is 0 Å². The maximum absolute atomic E-state index is 16.4. The molecule has 0 heterocycles. The van der Waals surface area contributed by atoms with Crippen molar-refractivity contribution in [3.8, 4) is 0 Å². The molecule has 0 aliphatic heterocycles. The zero-order valence-electron chi connectivity index (χ0n) is 26.3.